The summed E-state index contributed by atoms with van der Waals surface area (Å²) in [4.78, 5) is 0. The van der Waals surface area contributed by atoms with E-state index in [4.69, 9.17) is 4.74 Å². The number of hydrogen-bond donors (Lipinski definition) is 1. The largest absolute Gasteiger partial charge is 0.373 e. The van der Waals surface area contributed by atoms with Gasteiger partial charge in [0.25, 0.3) is 0 Å². The Labute approximate surface area is 104 Å². The molecule has 0 amide bonds. The van der Waals surface area contributed by atoms with Gasteiger partial charge in [-0.15, -0.1) is 0 Å². The van der Waals surface area contributed by atoms with Crippen LogP contribution in [0.4, 0.5) is 0 Å². The maximum Gasteiger partial charge on any atom is 0.0756 e. The van der Waals surface area contributed by atoms with Crippen molar-refractivity contribution >= 4 is 0 Å². The van der Waals surface area contributed by atoms with Crippen molar-refractivity contribution in [1.29, 1.82) is 0 Å². The van der Waals surface area contributed by atoms with E-state index in [1.165, 1.54) is 24.8 Å². The molecule has 1 aliphatic rings. The van der Waals surface area contributed by atoms with Crippen LogP contribution in [0, 0.1) is 0 Å². The molecule has 0 radical (unpaired) electrons. The fourth-order valence-corrected chi connectivity index (χ4v) is 2.03. The second-order valence-corrected chi connectivity index (χ2v) is 4.43. The van der Waals surface area contributed by atoms with Gasteiger partial charge >= 0.3 is 0 Å². The third kappa shape index (κ3) is 4.72. The zero-order chi connectivity index (χ0) is 11.8. The second-order valence-electron chi connectivity index (χ2n) is 4.43. The van der Waals surface area contributed by atoms with Crippen LogP contribution in [-0.4, -0.2) is 19.3 Å². The molecule has 2 heteroatoms. The lowest BCUT2D eigenvalue weighted by atomic mass is 10.1. The molecular formula is C15H21NO. The number of allylic oxidation sites excluding steroid dienone is 1. The average molecular weight is 231 g/mol. The Balaban J connectivity index is 1.54. The third-order valence-electron chi connectivity index (χ3n) is 2.99. The van der Waals surface area contributed by atoms with Crippen molar-refractivity contribution in [2.75, 3.05) is 13.2 Å². The summed E-state index contributed by atoms with van der Waals surface area (Å²) < 4.78 is 5.77. The fraction of sp³-hybridized carbons (Fsp3) is 0.467. The van der Waals surface area contributed by atoms with E-state index in [1.807, 2.05) is 6.07 Å². The van der Waals surface area contributed by atoms with Crippen LogP contribution in [0.15, 0.2) is 42.5 Å². The van der Waals surface area contributed by atoms with E-state index in [2.05, 4.69) is 41.7 Å². The molecule has 1 unspecified atom stereocenters. The van der Waals surface area contributed by atoms with Gasteiger partial charge in [-0.1, -0.05) is 42.5 Å². The Morgan fingerprint density at radius 3 is 2.88 bits per heavy atom. The lowest BCUT2D eigenvalue weighted by Crippen LogP contribution is -2.22. The number of hydrogen-bond acceptors (Lipinski definition) is 2. The molecule has 0 saturated carbocycles. The molecule has 0 bridgehead atoms. The molecule has 1 aliphatic carbocycles. The zero-order valence-corrected chi connectivity index (χ0v) is 10.3. The predicted molar refractivity (Wildman–Crippen MR) is 70.9 cm³/mol. The lowest BCUT2D eigenvalue weighted by molar-refractivity contribution is 0.0771. The van der Waals surface area contributed by atoms with Gasteiger partial charge in [0.15, 0.2) is 0 Å². The Kier molecular flexibility index (Phi) is 5.27. The first-order valence-electron chi connectivity index (χ1n) is 6.48. The summed E-state index contributed by atoms with van der Waals surface area (Å²) in [5.74, 6) is 0. The minimum absolute atomic E-state index is 0.349. The first kappa shape index (κ1) is 12.3. The van der Waals surface area contributed by atoms with Crippen molar-refractivity contribution in [3.8, 4) is 0 Å². The molecule has 1 atom stereocenters. The summed E-state index contributed by atoms with van der Waals surface area (Å²) in [6.45, 7) is 2.63. The normalized spacial score (nSPS) is 19.4. The molecule has 0 heterocycles. The smallest absolute Gasteiger partial charge is 0.0756 e. The van der Waals surface area contributed by atoms with Gasteiger partial charge < -0.3 is 10.1 Å². The quantitative estimate of drug-likeness (QED) is 0.600. The van der Waals surface area contributed by atoms with Crippen molar-refractivity contribution < 1.29 is 4.74 Å². The highest BCUT2D eigenvalue weighted by Crippen LogP contribution is 2.12. The summed E-state index contributed by atoms with van der Waals surface area (Å²) in [6, 6.07) is 10.5. The minimum Gasteiger partial charge on any atom is -0.373 e. The van der Waals surface area contributed by atoms with Gasteiger partial charge in [0.2, 0.25) is 0 Å². The van der Waals surface area contributed by atoms with Crippen LogP contribution in [0.1, 0.15) is 24.8 Å². The Hall–Kier alpha value is -1.12. The highest BCUT2D eigenvalue weighted by Gasteiger charge is 2.07. The van der Waals surface area contributed by atoms with Gasteiger partial charge in [0.1, 0.15) is 0 Å². The van der Waals surface area contributed by atoms with E-state index in [0.717, 1.165) is 19.7 Å². The number of benzene rings is 1. The lowest BCUT2D eigenvalue weighted by Gasteiger charge is -2.17. The van der Waals surface area contributed by atoms with Gasteiger partial charge in [-0.3, -0.25) is 0 Å². The number of ether oxygens (including phenoxy) is 1. The van der Waals surface area contributed by atoms with Gasteiger partial charge in [0, 0.05) is 13.1 Å². The second kappa shape index (κ2) is 7.25. The van der Waals surface area contributed by atoms with Crippen molar-refractivity contribution in [2.45, 2.75) is 31.9 Å². The van der Waals surface area contributed by atoms with Crippen LogP contribution in [0.5, 0.6) is 0 Å². The number of rotatable bonds is 6. The van der Waals surface area contributed by atoms with Crippen molar-refractivity contribution in [3.05, 3.63) is 48.0 Å². The van der Waals surface area contributed by atoms with Crippen molar-refractivity contribution in [3.63, 3.8) is 0 Å². The van der Waals surface area contributed by atoms with Gasteiger partial charge in [-0.25, -0.2) is 0 Å². The Morgan fingerprint density at radius 2 is 2.12 bits per heavy atom. The topological polar surface area (TPSA) is 21.3 Å². The summed E-state index contributed by atoms with van der Waals surface area (Å²) in [5, 5.41) is 3.39. The first-order valence-corrected chi connectivity index (χ1v) is 6.48. The van der Waals surface area contributed by atoms with E-state index < -0.39 is 0 Å². The van der Waals surface area contributed by atoms with Gasteiger partial charge in [-0.2, -0.15) is 0 Å². The minimum atomic E-state index is 0.349. The van der Waals surface area contributed by atoms with Crippen molar-refractivity contribution in [1.82, 2.24) is 5.32 Å². The molecule has 2 rings (SSSR count). The first-order chi connectivity index (χ1) is 8.45. The maximum absolute atomic E-state index is 5.77. The van der Waals surface area contributed by atoms with Crippen LogP contribution < -0.4 is 5.32 Å². The molecule has 0 spiro atoms. The molecule has 2 nitrogen and oxygen atoms in total. The zero-order valence-electron chi connectivity index (χ0n) is 10.3. The fourth-order valence-electron chi connectivity index (χ4n) is 2.03. The molecular weight excluding hydrogens is 210 g/mol. The Morgan fingerprint density at radius 1 is 1.24 bits per heavy atom. The molecule has 0 aliphatic heterocycles. The molecule has 1 aromatic rings. The summed E-state index contributed by atoms with van der Waals surface area (Å²) >= 11 is 0. The molecule has 92 valence electrons. The summed E-state index contributed by atoms with van der Waals surface area (Å²) in [6.07, 6.45) is 8.42. The third-order valence-corrected chi connectivity index (χ3v) is 2.99. The van der Waals surface area contributed by atoms with E-state index >= 15 is 0 Å². The van der Waals surface area contributed by atoms with Crippen LogP contribution in [0.25, 0.3) is 0 Å². The van der Waals surface area contributed by atoms with Crippen LogP contribution in [0.2, 0.25) is 0 Å². The maximum atomic E-state index is 5.77. The summed E-state index contributed by atoms with van der Waals surface area (Å²) in [7, 11) is 0. The van der Waals surface area contributed by atoms with Crippen molar-refractivity contribution in [2.24, 2.45) is 0 Å². The van der Waals surface area contributed by atoms with E-state index in [9.17, 15) is 0 Å². The molecule has 0 aromatic heterocycles. The van der Waals surface area contributed by atoms with Crippen LogP contribution in [-0.2, 0) is 11.3 Å². The molecule has 0 fully saturated rings. The monoisotopic (exact) mass is 231 g/mol. The van der Waals surface area contributed by atoms with Gasteiger partial charge in [-0.05, 0) is 24.8 Å². The average Bonchev–Trinajstić information content (AvgIpc) is 2.41. The van der Waals surface area contributed by atoms with E-state index in [0.29, 0.717) is 6.10 Å². The van der Waals surface area contributed by atoms with E-state index in [1.54, 1.807) is 0 Å². The standard InChI is InChI=1S/C15H21NO/c1-3-7-14(8-4-1)13-16-11-12-17-15-9-5-2-6-10-15/h1,3-5,7-9,15-16H,2,6,10-13H2. The molecule has 1 aromatic carbocycles. The van der Waals surface area contributed by atoms with Gasteiger partial charge in [0.05, 0.1) is 12.7 Å². The highest BCUT2D eigenvalue weighted by molar-refractivity contribution is 5.14. The SMILES string of the molecule is C1=CC(OCCNCc2ccccc2)CCC1. The summed E-state index contributed by atoms with van der Waals surface area (Å²) in [5.41, 5.74) is 1.32. The Bertz CT molecular complexity index is 334. The predicted octanol–water partition coefficient (Wildman–Crippen LogP) is 2.90. The van der Waals surface area contributed by atoms with Crippen LogP contribution in [0.3, 0.4) is 0 Å². The van der Waals surface area contributed by atoms with E-state index in [-0.39, 0.29) is 0 Å². The van der Waals surface area contributed by atoms with Crippen LogP contribution >= 0.6 is 0 Å². The highest BCUT2D eigenvalue weighted by atomic mass is 16.5. The molecule has 0 saturated heterocycles. The molecule has 17 heavy (non-hydrogen) atoms. The number of nitrogens with one attached hydrogen (secondary N) is 1. The molecule has 1 N–H and O–H groups in total.